The van der Waals surface area contributed by atoms with Crippen LogP contribution in [0.5, 0.6) is 5.75 Å². The maximum absolute atomic E-state index is 14.6. The molecule has 146 valence electrons. The molecule has 0 aromatic heterocycles. The SMILES string of the molecule is COc1ccc(Br)cc1CCc1c(F)cccc1CN1CCCCC1CO. The van der Waals surface area contributed by atoms with Gasteiger partial charge in [-0.3, -0.25) is 4.90 Å². The third-order valence-electron chi connectivity index (χ3n) is 5.44. The number of hydrogen-bond acceptors (Lipinski definition) is 3. The number of methoxy groups -OCH3 is 1. The van der Waals surface area contributed by atoms with Crippen LogP contribution in [0, 0.1) is 5.82 Å². The number of aryl methyl sites for hydroxylation is 1. The van der Waals surface area contributed by atoms with Gasteiger partial charge in [-0.05, 0) is 73.2 Å². The molecule has 0 saturated carbocycles. The summed E-state index contributed by atoms with van der Waals surface area (Å²) >= 11 is 3.50. The fraction of sp³-hybridized carbons (Fsp3) is 0.455. The molecule has 0 amide bonds. The Labute approximate surface area is 169 Å². The van der Waals surface area contributed by atoms with Gasteiger partial charge in [0.05, 0.1) is 13.7 Å². The molecule has 0 spiro atoms. The van der Waals surface area contributed by atoms with E-state index < -0.39 is 0 Å². The van der Waals surface area contributed by atoms with Gasteiger partial charge in [0.1, 0.15) is 11.6 Å². The minimum absolute atomic E-state index is 0.154. The molecule has 1 fully saturated rings. The van der Waals surface area contributed by atoms with Gasteiger partial charge < -0.3 is 9.84 Å². The molecule has 0 bridgehead atoms. The third kappa shape index (κ3) is 5.09. The van der Waals surface area contributed by atoms with Crippen LogP contribution in [0.4, 0.5) is 4.39 Å². The first-order valence-electron chi connectivity index (χ1n) is 9.56. The van der Waals surface area contributed by atoms with Crippen LogP contribution in [0.1, 0.15) is 36.0 Å². The Bertz CT molecular complexity index is 768. The van der Waals surface area contributed by atoms with Crippen molar-refractivity contribution < 1.29 is 14.2 Å². The van der Waals surface area contributed by atoms with Crippen molar-refractivity contribution in [3.05, 3.63) is 63.4 Å². The summed E-state index contributed by atoms with van der Waals surface area (Å²) in [6.45, 7) is 1.81. The Morgan fingerprint density at radius 3 is 2.81 bits per heavy atom. The lowest BCUT2D eigenvalue weighted by Crippen LogP contribution is -2.41. The van der Waals surface area contributed by atoms with E-state index in [2.05, 4.69) is 20.8 Å². The predicted molar refractivity (Wildman–Crippen MR) is 110 cm³/mol. The van der Waals surface area contributed by atoms with Gasteiger partial charge >= 0.3 is 0 Å². The average Bonchev–Trinajstić information content (AvgIpc) is 2.68. The van der Waals surface area contributed by atoms with Gasteiger partial charge in [0.25, 0.3) is 0 Å². The van der Waals surface area contributed by atoms with Crippen molar-refractivity contribution in [2.45, 2.75) is 44.7 Å². The number of hydrogen-bond donors (Lipinski definition) is 1. The summed E-state index contributed by atoms with van der Waals surface area (Å²) in [5, 5.41) is 9.66. The van der Waals surface area contributed by atoms with Crippen LogP contribution in [-0.4, -0.2) is 36.3 Å². The van der Waals surface area contributed by atoms with E-state index in [4.69, 9.17) is 4.74 Å². The fourth-order valence-electron chi connectivity index (χ4n) is 3.93. The molecule has 1 saturated heterocycles. The van der Waals surface area contributed by atoms with E-state index >= 15 is 0 Å². The molecular formula is C22H27BrFNO2. The maximum atomic E-state index is 14.6. The zero-order valence-electron chi connectivity index (χ0n) is 15.8. The first-order valence-corrected chi connectivity index (χ1v) is 10.3. The lowest BCUT2D eigenvalue weighted by molar-refractivity contribution is 0.0838. The molecule has 1 aliphatic heterocycles. The molecule has 1 atom stereocenters. The molecule has 1 unspecified atom stereocenters. The van der Waals surface area contributed by atoms with Crippen molar-refractivity contribution in [2.24, 2.45) is 0 Å². The summed E-state index contributed by atoms with van der Waals surface area (Å²) < 4.78 is 21.1. The Morgan fingerprint density at radius 2 is 2.04 bits per heavy atom. The van der Waals surface area contributed by atoms with Gasteiger partial charge in [-0.25, -0.2) is 4.39 Å². The fourth-order valence-corrected chi connectivity index (χ4v) is 4.34. The van der Waals surface area contributed by atoms with Crippen LogP contribution >= 0.6 is 15.9 Å². The molecule has 2 aromatic rings. The molecule has 1 aliphatic rings. The number of nitrogens with zero attached hydrogens (tertiary/aromatic N) is 1. The second-order valence-electron chi connectivity index (χ2n) is 7.14. The number of aliphatic hydroxyl groups excluding tert-OH is 1. The molecular weight excluding hydrogens is 409 g/mol. The van der Waals surface area contributed by atoms with Gasteiger partial charge in [-0.1, -0.05) is 34.5 Å². The third-order valence-corrected chi connectivity index (χ3v) is 5.93. The van der Waals surface area contributed by atoms with Crippen molar-refractivity contribution in [3.8, 4) is 5.75 Å². The van der Waals surface area contributed by atoms with E-state index in [-0.39, 0.29) is 18.5 Å². The van der Waals surface area contributed by atoms with Crippen molar-refractivity contribution in [2.75, 3.05) is 20.3 Å². The lowest BCUT2D eigenvalue weighted by atomic mass is 9.96. The van der Waals surface area contributed by atoms with Crippen LogP contribution in [0.15, 0.2) is 40.9 Å². The highest BCUT2D eigenvalue weighted by atomic mass is 79.9. The van der Waals surface area contributed by atoms with E-state index in [1.165, 1.54) is 6.07 Å². The molecule has 1 heterocycles. The van der Waals surface area contributed by atoms with E-state index in [1.807, 2.05) is 24.3 Å². The number of benzene rings is 2. The normalized spacial score (nSPS) is 17.9. The maximum Gasteiger partial charge on any atom is 0.126 e. The summed E-state index contributed by atoms with van der Waals surface area (Å²) in [5.74, 6) is 0.673. The van der Waals surface area contributed by atoms with Crippen LogP contribution in [0.3, 0.4) is 0 Å². The number of rotatable bonds is 7. The zero-order valence-corrected chi connectivity index (χ0v) is 17.3. The second kappa shape index (κ2) is 9.67. The zero-order chi connectivity index (χ0) is 19.2. The molecule has 0 aliphatic carbocycles. The molecule has 0 radical (unpaired) electrons. The Morgan fingerprint density at radius 1 is 1.19 bits per heavy atom. The first-order chi connectivity index (χ1) is 13.1. The van der Waals surface area contributed by atoms with Crippen molar-refractivity contribution in [1.29, 1.82) is 0 Å². The summed E-state index contributed by atoms with van der Waals surface area (Å²) in [5.41, 5.74) is 2.85. The number of halogens is 2. The van der Waals surface area contributed by atoms with Crippen LogP contribution < -0.4 is 4.74 Å². The second-order valence-corrected chi connectivity index (χ2v) is 8.05. The largest absolute Gasteiger partial charge is 0.496 e. The minimum Gasteiger partial charge on any atom is -0.496 e. The Kier molecular flexibility index (Phi) is 7.27. The smallest absolute Gasteiger partial charge is 0.126 e. The van der Waals surface area contributed by atoms with Crippen molar-refractivity contribution in [3.63, 3.8) is 0 Å². The molecule has 27 heavy (non-hydrogen) atoms. The topological polar surface area (TPSA) is 32.7 Å². The van der Waals surface area contributed by atoms with Crippen LogP contribution in [0.2, 0.25) is 0 Å². The quantitative estimate of drug-likeness (QED) is 0.682. The number of ether oxygens (including phenoxy) is 1. The van der Waals surface area contributed by atoms with Gasteiger partial charge in [0.2, 0.25) is 0 Å². The Hall–Kier alpha value is -1.43. The molecule has 2 aromatic carbocycles. The van der Waals surface area contributed by atoms with Gasteiger partial charge in [0, 0.05) is 17.1 Å². The van der Waals surface area contributed by atoms with E-state index in [0.717, 1.165) is 52.7 Å². The standard InChI is InChI=1S/C22H27BrFNO2/c1-27-22-11-9-18(23)13-16(22)8-10-20-17(5-4-7-21(20)24)14-25-12-3-2-6-19(25)15-26/h4-5,7,9,11,13,19,26H,2-3,6,8,10,12,14-15H2,1H3. The monoisotopic (exact) mass is 435 g/mol. The van der Waals surface area contributed by atoms with Crippen molar-refractivity contribution in [1.82, 2.24) is 4.90 Å². The van der Waals surface area contributed by atoms with Crippen LogP contribution in [-0.2, 0) is 19.4 Å². The Balaban J connectivity index is 1.79. The summed E-state index contributed by atoms with van der Waals surface area (Å²) in [6.07, 6.45) is 4.62. The van der Waals surface area contributed by atoms with Crippen molar-refractivity contribution >= 4 is 15.9 Å². The summed E-state index contributed by atoms with van der Waals surface area (Å²) in [7, 11) is 1.66. The van der Waals surface area contributed by atoms with Gasteiger partial charge in [-0.15, -0.1) is 0 Å². The first kappa shape index (κ1) is 20.3. The average molecular weight is 436 g/mol. The van der Waals surface area contributed by atoms with Gasteiger partial charge in [0.15, 0.2) is 0 Å². The molecule has 3 nitrogen and oxygen atoms in total. The summed E-state index contributed by atoms with van der Waals surface area (Å²) in [4.78, 5) is 2.29. The molecule has 3 rings (SSSR count). The van der Waals surface area contributed by atoms with Gasteiger partial charge in [-0.2, -0.15) is 0 Å². The highest BCUT2D eigenvalue weighted by Gasteiger charge is 2.23. The van der Waals surface area contributed by atoms with Crippen LogP contribution in [0.25, 0.3) is 0 Å². The molecule has 1 N–H and O–H groups in total. The molecule has 5 heteroatoms. The lowest BCUT2D eigenvalue weighted by Gasteiger charge is -2.35. The van der Waals surface area contributed by atoms with E-state index in [0.29, 0.717) is 19.4 Å². The predicted octanol–water partition coefficient (Wildman–Crippen LogP) is 4.73. The number of piperidine rings is 1. The van der Waals surface area contributed by atoms with E-state index in [1.54, 1.807) is 13.2 Å². The van der Waals surface area contributed by atoms with E-state index in [9.17, 15) is 9.50 Å². The number of likely N-dealkylation sites (tertiary alicyclic amines) is 1. The minimum atomic E-state index is -0.154. The number of aliphatic hydroxyl groups is 1. The highest BCUT2D eigenvalue weighted by molar-refractivity contribution is 9.10. The highest BCUT2D eigenvalue weighted by Crippen LogP contribution is 2.27. The summed E-state index contributed by atoms with van der Waals surface area (Å²) in [6, 6.07) is 11.4.